The summed E-state index contributed by atoms with van der Waals surface area (Å²) in [7, 11) is -3.68. The molecule has 0 unspecified atom stereocenters. The molecule has 1 amide bonds. The molecule has 0 aliphatic carbocycles. The predicted molar refractivity (Wildman–Crippen MR) is 101 cm³/mol. The van der Waals surface area contributed by atoms with Crippen molar-refractivity contribution in [1.29, 1.82) is 0 Å². The fourth-order valence-corrected chi connectivity index (χ4v) is 3.89. The molecule has 2 aromatic rings. The molecule has 9 heteroatoms. The lowest BCUT2D eigenvalue weighted by atomic mass is 10.2. The molecule has 0 saturated heterocycles. The minimum atomic E-state index is -3.68. The zero-order valence-corrected chi connectivity index (χ0v) is 15.8. The Hall–Kier alpha value is -2.91. The number of nitrogens with zero attached hydrogens (tertiary/aromatic N) is 2. The van der Waals surface area contributed by atoms with Gasteiger partial charge in [-0.05, 0) is 30.3 Å². The SMILES string of the molecule is CCN(CC)S(=O)(=O)c1cccc(C(=O)N/N=C/c2cccc(O)c2O)c1. The zero-order valence-electron chi connectivity index (χ0n) is 15.0. The number of hydrogen-bond donors (Lipinski definition) is 3. The van der Waals surface area contributed by atoms with Crippen LogP contribution < -0.4 is 5.43 Å². The molecule has 8 nitrogen and oxygen atoms in total. The highest BCUT2D eigenvalue weighted by atomic mass is 32.2. The van der Waals surface area contributed by atoms with Gasteiger partial charge in [0.15, 0.2) is 11.5 Å². The second-order valence-electron chi connectivity index (χ2n) is 5.53. The van der Waals surface area contributed by atoms with Crippen molar-refractivity contribution in [3.63, 3.8) is 0 Å². The molecular formula is C18H21N3O5S. The molecule has 2 rings (SSSR count). The predicted octanol–water partition coefficient (Wildman–Crippen LogP) is 1.89. The summed E-state index contributed by atoms with van der Waals surface area (Å²) in [6.45, 7) is 4.13. The number of phenolic OH excluding ortho intramolecular Hbond substituents is 2. The molecule has 27 heavy (non-hydrogen) atoms. The lowest BCUT2D eigenvalue weighted by molar-refractivity contribution is 0.0955. The third-order valence-electron chi connectivity index (χ3n) is 3.86. The number of benzene rings is 2. The van der Waals surface area contributed by atoms with E-state index in [1.165, 1.54) is 53.0 Å². The van der Waals surface area contributed by atoms with Crippen LogP contribution in [0.3, 0.4) is 0 Å². The van der Waals surface area contributed by atoms with Crippen LogP contribution in [0.15, 0.2) is 52.5 Å². The number of hydrazone groups is 1. The van der Waals surface area contributed by atoms with Gasteiger partial charge in [0.1, 0.15) is 0 Å². The first kappa shape index (κ1) is 20.4. The highest BCUT2D eigenvalue weighted by Crippen LogP contribution is 2.26. The lowest BCUT2D eigenvalue weighted by Gasteiger charge is -2.18. The smallest absolute Gasteiger partial charge is 0.271 e. The number of aromatic hydroxyl groups is 2. The van der Waals surface area contributed by atoms with Crippen LogP contribution in [0.5, 0.6) is 11.5 Å². The maximum atomic E-state index is 12.6. The van der Waals surface area contributed by atoms with Crippen LogP contribution in [0, 0.1) is 0 Å². The van der Waals surface area contributed by atoms with Crippen LogP contribution in [0.4, 0.5) is 0 Å². The Morgan fingerprint density at radius 2 is 1.81 bits per heavy atom. The topological polar surface area (TPSA) is 119 Å². The van der Waals surface area contributed by atoms with Gasteiger partial charge in [0.25, 0.3) is 5.91 Å². The van der Waals surface area contributed by atoms with Gasteiger partial charge < -0.3 is 10.2 Å². The molecule has 0 aliphatic rings. The molecule has 0 radical (unpaired) electrons. The van der Waals surface area contributed by atoms with E-state index in [2.05, 4.69) is 10.5 Å². The molecular weight excluding hydrogens is 370 g/mol. The van der Waals surface area contributed by atoms with E-state index in [9.17, 15) is 23.4 Å². The summed E-state index contributed by atoms with van der Waals surface area (Å²) >= 11 is 0. The molecule has 0 bridgehead atoms. The van der Waals surface area contributed by atoms with E-state index in [4.69, 9.17) is 0 Å². The second kappa shape index (κ2) is 8.65. The molecule has 0 spiro atoms. The Bertz CT molecular complexity index is 953. The van der Waals surface area contributed by atoms with E-state index >= 15 is 0 Å². The summed E-state index contributed by atoms with van der Waals surface area (Å²) in [4.78, 5) is 12.3. The van der Waals surface area contributed by atoms with Gasteiger partial charge in [-0.2, -0.15) is 9.41 Å². The molecule has 3 N–H and O–H groups in total. The van der Waals surface area contributed by atoms with Crippen LogP contribution in [0.2, 0.25) is 0 Å². The number of carbonyl (C=O) groups excluding carboxylic acids is 1. The van der Waals surface area contributed by atoms with Crippen molar-refractivity contribution in [3.8, 4) is 11.5 Å². The summed E-state index contributed by atoms with van der Waals surface area (Å²) in [6.07, 6.45) is 1.17. The first-order valence-corrected chi connectivity index (χ1v) is 9.69. The quantitative estimate of drug-likeness (QED) is 0.378. The fourth-order valence-electron chi connectivity index (χ4n) is 2.39. The van der Waals surface area contributed by atoms with Gasteiger partial charge in [0.2, 0.25) is 10.0 Å². The standard InChI is InChI=1S/C18H21N3O5S/c1-3-21(4-2)27(25,26)15-9-5-7-13(11-15)18(24)20-19-12-14-8-6-10-16(22)17(14)23/h5-12,22-23H,3-4H2,1-2H3,(H,20,24)/b19-12+. The number of phenols is 2. The van der Waals surface area contributed by atoms with Gasteiger partial charge in [-0.25, -0.2) is 13.8 Å². The number of carbonyl (C=O) groups is 1. The van der Waals surface area contributed by atoms with Crippen LogP contribution in [-0.2, 0) is 10.0 Å². The summed E-state index contributed by atoms with van der Waals surface area (Å²) < 4.78 is 26.4. The number of sulfonamides is 1. The summed E-state index contributed by atoms with van der Waals surface area (Å²) in [6, 6.07) is 9.99. The number of amides is 1. The fraction of sp³-hybridized carbons (Fsp3) is 0.222. The number of hydrogen-bond acceptors (Lipinski definition) is 6. The van der Waals surface area contributed by atoms with Gasteiger partial charge >= 0.3 is 0 Å². The second-order valence-corrected chi connectivity index (χ2v) is 7.47. The normalized spacial score (nSPS) is 11.8. The van der Waals surface area contributed by atoms with Gasteiger partial charge in [-0.15, -0.1) is 0 Å². The largest absolute Gasteiger partial charge is 0.504 e. The first-order valence-electron chi connectivity index (χ1n) is 8.25. The zero-order chi connectivity index (χ0) is 20.0. The van der Waals surface area contributed by atoms with Crippen LogP contribution >= 0.6 is 0 Å². The number of para-hydroxylation sites is 1. The molecule has 0 heterocycles. The van der Waals surface area contributed by atoms with Crippen molar-refractivity contribution in [2.24, 2.45) is 5.10 Å². The maximum absolute atomic E-state index is 12.6. The van der Waals surface area contributed by atoms with Crippen molar-refractivity contribution in [3.05, 3.63) is 53.6 Å². The molecule has 0 aromatic heterocycles. The van der Waals surface area contributed by atoms with Crippen LogP contribution in [-0.4, -0.2) is 48.1 Å². The minimum Gasteiger partial charge on any atom is -0.504 e. The molecule has 144 valence electrons. The summed E-state index contributed by atoms with van der Waals surface area (Å²) in [5, 5.41) is 22.8. The average Bonchev–Trinajstić information content (AvgIpc) is 2.66. The van der Waals surface area contributed by atoms with Gasteiger partial charge in [-0.3, -0.25) is 4.79 Å². The molecule has 0 fully saturated rings. The monoisotopic (exact) mass is 391 g/mol. The number of nitrogens with one attached hydrogen (secondary N) is 1. The lowest BCUT2D eigenvalue weighted by Crippen LogP contribution is -2.30. The number of rotatable bonds is 7. The molecule has 0 aliphatic heterocycles. The average molecular weight is 391 g/mol. The van der Waals surface area contributed by atoms with E-state index < -0.39 is 15.9 Å². The Morgan fingerprint density at radius 3 is 2.48 bits per heavy atom. The van der Waals surface area contributed by atoms with Crippen LogP contribution in [0.1, 0.15) is 29.8 Å². The maximum Gasteiger partial charge on any atom is 0.271 e. The Balaban J connectivity index is 2.18. The highest BCUT2D eigenvalue weighted by Gasteiger charge is 2.22. The third kappa shape index (κ3) is 4.63. The van der Waals surface area contributed by atoms with E-state index in [-0.39, 0.29) is 27.5 Å². The van der Waals surface area contributed by atoms with Crippen molar-refractivity contribution >= 4 is 22.1 Å². The summed E-state index contributed by atoms with van der Waals surface area (Å²) in [5.74, 6) is -1.27. The van der Waals surface area contributed by atoms with Crippen molar-refractivity contribution in [2.45, 2.75) is 18.7 Å². The van der Waals surface area contributed by atoms with E-state index in [1.54, 1.807) is 13.8 Å². The highest BCUT2D eigenvalue weighted by molar-refractivity contribution is 7.89. The minimum absolute atomic E-state index is 0.0217. The molecule has 2 aromatic carbocycles. The van der Waals surface area contributed by atoms with E-state index in [1.807, 2.05) is 0 Å². The third-order valence-corrected chi connectivity index (χ3v) is 5.90. The van der Waals surface area contributed by atoms with Crippen molar-refractivity contribution < 1.29 is 23.4 Å². The van der Waals surface area contributed by atoms with Crippen LogP contribution in [0.25, 0.3) is 0 Å². The van der Waals surface area contributed by atoms with E-state index in [0.717, 1.165) is 0 Å². The Labute approximate surface area is 157 Å². The van der Waals surface area contributed by atoms with Crippen molar-refractivity contribution in [2.75, 3.05) is 13.1 Å². The Kier molecular flexibility index (Phi) is 6.54. The van der Waals surface area contributed by atoms with Gasteiger partial charge in [0.05, 0.1) is 11.1 Å². The first-order chi connectivity index (χ1) is 12.8. The van der Waals surface area contributed by atoms with Gasteiger partial charge in [0, 0.05) is 24.2 Å². The van der Waals surface area contributed by atoms with Gasteiger partial charge in [-0.1, -0.05) is 26.0 Å². The Morgan fingerprint density at radius 1 is 1.15 bits per heavy atom. The molecule has 0 saturated carbocycles. The van der Waals surface area contributed by atoms with Crippen molar-refractivity contribution in [1.82, 2.24) is 9.73 Å². The molecule has 0 atom stereocenters. The van der Waals surface area contributed by atoms with E-state index in [0.29, 0.717) is 13.1 Å². The summed E-state index contributed by atoms with van der Waals surface area (Å²) in [5.41, 5.74) is 2.60.